The van der Waals surface area contributed by atoms with Gasteiger partial charge in [-0.15, -0.1) is 0 Å². The van der Waals surface area contributed by atoms with Crippen molar-refractivity contribution in [2.24, 2.45) is 11.0 Å². The zero-order chi connectivity index (χ0) is 14.8. The normalized spacial score (nSPS) is 20.0. The molecule has 0 aromatic rings. The van der Waals surface area contributed by atoms with Crippen LogP contribution in [0.4, 0.5) is 0 Å². The van der Waals surface area contributed by atoms with Gasteiger partial charge in [-0.2, -0.15) is 5.11 Å². The van der Waals surface area contributed by atoms with E-state index in [4.69, 9.17) is 15.0 Å². The van der Waals surface area contributed by atoms with Gasteiger partial charge in [-0.05, 0) is 44.9 Å². The Morgan fingerprint density at radius 2 is 1.85 bits per heavy atom. The molecule has 0 aliphatic heterocycles. The molecule has 0 aromatic heterocycles. The molecule has 0 saturated heterocycles. The first-order chi connectivity index (χ1) is 9.62. The molecule has 1 aliphatic carbocycles. The zero-order valence-electron chi connectivity index (χ0n) is 13.5. The minimum absolute atomic E-state index is 0.0254. The molecule has 1 fully saturated rings. The first-order valence-corrected chi connectivity index (χ1v) is 8.24. The predicted octanol–water partition coefficient (Wildman–Crippen LogP) is 4.93. The fraction of sp³-hybridized carbons (Fsp3) is 1.00. The highest BCUT2D eigenvalue weighted by Crippen LogP contribution is 2.34. The molecule has 4 heteroatoms. The molecular weight excluding hydrogens is 252 g/mol. The fourth-order valence-electron chi connectivity index (χ4n) is 3.01. The summed E-state index contributed by atoms with van der Waals surface area (Å²) in [6.07, 6.45) is 8.74. The van der Waals surface area contributed by atoms with Gasteiger partial charge in [0.25, 0.3) is 0 Å². The quantitative estimate of drug-likeness (QED) is 0.578. The number of nitrogens with zero attached hydrogens (tertiary/aromatic N) is 1. The van der Waals surface area contributed by atoms with Gasteiger partial charge in [0, 0.05) is 6.61 Å². The highest BCUT2D eigenvalue weighted by molar-refractivity contribution is 4.84. The van der Waals surface area contributed by atoms with Crippen molar-refractivity contribution in [3.8, 4) is 0 Å². The summed E-state index contributed by atoms with van der Waals surface area (Å²) in [4.78, 5) is 0. The van der Waals surface area contributed by atoms with Gasteiger partial charge in [-0.25, -0.2) is 5.53 Å². The number of nitrogens with one attached hydrogen (secondary N) is 1. The van der Waals surface area contributed by atoms with Gasteiger partial charge in [0.2, 0.25) is 0 Å². The minimum atomic E-state index is -0.264. The topological polar surface area (TPSA) is 54.7 Å². The number of hydrogen-bond acceptors (Lipinski definition) is 4. The van der Waals surface area contributed by atoms with E-state index in [1.165, 1.54) is 19.3 Å². The van der Waals surface area contributed by atoms with Crippen LogP contribution < -0.4 is 0 Å². The Balaban J connectivity index is 2.33. The van der Waals surface area contributed by atoms with Crippen LogP contribution in [0.5, 0.6) is 0 Å². The molecule has 1 rings (SSSR count). The Morgan fingerprint density at radius 1 is 1.15 bits per heavy atom. The van der Waals surface area contributed by atoms with Gasteiger partial charge in [-0.1, -0.05) is 33.1 Å². The maximum Gasteiger partial charge on any atom is 0.168 e. The van der Waals surface area contributed by atoms with E-state index in [2.05, 4.69) is 25.9 Å². The molecule has 0 amide bonds. The predicted molar refractivity (Wildman–Crippen MR) is 81.0 cm³/mol. The van der Waals surface area contributed by atoms with E-state index >= 15 is 0 Å². The second-order valence-corrected chi connectivity index (χ2v) is 6.35. The summed E-state index contributed by atoms with van der Waals surface area (Å²) in [7, 11) is 0. The molecule has 4 nitrogen and oxygen atoms in total. The molecule has 0 spiro atoms. The monoisotopic (exact) mass is 284 g/mol. The van der Waals surface area contributed by atoms with Crippen LogP contribution in [0.3, 0.4) is 0 Å². The van der Waals surface area contributed by atoms with Crippen LogP contribution in [0, 0.1) is 11.4 Å². The Morgan fingerprint density at radius 3 is 2.40 bits per heavy atom. The largest absolute Gasteiger partial charge is 0.375 e. The van der Waals surface area contributed by atoms with Crippen molar-refractivity contribution in [3.63, 3.8) is 0 Å². The molecule has 0 bridgehead atoms. The minimum Gasteiger partial charge on any atom is -0.375 e. The van der Waals surface area contributed by atoms with Gasteiger partial charge in [0.05, 0.1) is 12.2 Å². The van der Waals surface area contributed by atoms with Crippen LogP contribution >= 0.6 is 0 Å². The third-order valence-electron chi connectivity index (χ3n) is 4.22. The molecule has 1 saturated carbocycles. The fourth-order valence-corrected chi connectivity index (χ4v) is 3.01. The van der Waals surface area contributed by atoms with Gasteiger partial charge < -0.3 is 9.47 Å². The van der Waals surface area contributed by atoms with Crippen LogP contribution in [-0.4, -0.2) is 25.0 Å². The van der Waals surface area contributed by atoms with E-state index in [9.17, 15) is 0 Å². The summed E-state index contributed by atoms with van der Waals surface area (Å²) in [5.74, 6) is 0.635. The third kappa shape index (κ3) is 6.31. The van der Waals surface area contributed by atoms with E-state index in [1.807, 2.05) is 0 Å². The van der Waals surface area contributed by atoms with Gasteiger partial charge in [-0.3, -0.25) is 0 Å². The lowest BCUT2D eigenvalue weighted by Crippen LogP contribution is -2.36. The Hall–Kier alpha value is -0.480. The summed E-state index contributed by atoms with van der Waals surface area (Å²) in [6.45, 7) is 7.88. The van der Waals surface area contributed by atoms with Crippen LogP contribution in [0.1, 0.15) is 72.1 Å². The van der Waals surface area contributed by atoms with Gasteiger partial charge in [0.1, 0.15) is 0 Å². The van der Waals surface area contributed by atoms with E-state index in [0.717, 1.165) is 38.7 Å². The summed E-state index contributed by atoms with van der Waals surface area (Å²) < 4.78 is 11.8. The van der Waals surface area contributed by atoms with Crippen molar-refractivity contribution in [2.75, 3.05) is 13.2 Å². The Labute approximate surface area is 124 Å². The van der Waals surface area contributed by atoms with E-state index in [1.54, 1.807) is 0 Å². The van der Waals surface area contributed by atoms with Gasteiger partial charge >= 0.3 is 0 Å². The van der Waals surface area contributed by atoms with E-state index in [-0.39, 0.29) is 11.8 Å². The van der Waals surface area contributed by atoms with E-state index < -0.39 is 0 Å². The molecule has 1 N–H and O–H groups in total. The first-order valence-electron chi connectivity index (χ1n) is 8.24. The molecule has 1 aliphatic rings. The van der Waals surface area contributed by atoms with Crippen LogP contribution in [0.15, 0.2) is 5.11 Å². The van der Waals surface area contributed by atoms with E-state index in [0.29, 0.717) is 12.5 Å². The summed E-state index contributed by atoms with van der Waals surface area (Å²) in [5, 5.41) is 3.60. The summed E-state index contributed by atoms with van der Waals surface area (Å²) in [6, 6.07) is 0. The summed E-state index contributed by atoms with van der Waals surface area (Å²) in [5.41, 5.74) is 7.25. The lowest BCUT2D eigenvalue weighted by atomic mass is 9.82. The molecule has 20 heavy (non-hydrogen) atoms. The smallest absolute Gasteiger partial charge is 0.168 e. The Bertz CT molecular complexity index is 258. The zero-order valence-corrected chi connectivity index (χ0v) is 13.5. The SMILES string of the molecule is CCOC1(CCOC(CCC(C)C)N=N)CCCCC1. The van der Waals surface area contributed by atoms with Crippen molar-refractivity contribution in [1.82, 2.24) is 0 Å². The second kappa shape index (κ2) is 9.46. The molecule has 1 atom stereocenters. The molecule has 118 valence electrons. The van der Waals surface area contributed by atoms with Gasteiger partial charge in [0.15, 0.2) is 6.23 Å². The van der Waals surface area contributed by atoms with Crippen molar-refractivity contribution in [3.05, 3.63) is 0 Å². The molecule has 0 radical (unpaired) electrons. The second-order valence-electron chi connectivity index (χ2n) is 6.35. The van der Waals surface area contributed by atoms with Crippen LogP contribution in [-0.2, 0) is 9.47 Å². The lowest BCUT2D eigenvalue weighted by Gasteiger charge is -2.37. The van der Waals surface area contributed by atoms with Crippen LogP contribution in [0.2, 0.25) is 0 Å². The maximum absolute atomic E-state index is 7.23. The highest BCUT2D eigenvalue weighted by Gasteiger charge is 2.32. The Kier molecular flexibility index (Phi) is 8.31. The summed E-state index contributed by atoms with van der Waals surface area (Å²) >= 11 is 0. The van der Waals surface area contributed by atoms with Crippen LogP contribution in [0.25, 0.3) is 0 Å². The van der Waals surface area contributed by atoms with Crippen molar-refractivity contribution in [1.29, 1.82) is 5.53 Å². The van der Waals surface area contributed by atoms with Crippen molar-refractivity contribution < 1.29 is 9.47 Å². The number of rotatable bonds is 10. The number of hydrogen-bond donors (Lipinski definition) is 1. The van der Waals surface area contributed by atoms with Crippen molar-refractivity contribution >= 4 is 0 Å². The highest BCUT2D eigenvalue weighted by atomic mass is 16.5. The maximum atomic E-state index is 7.23. The molecule has 1 unspecified atom stereocenters. The molecule has 0 heterocycles. The molecule has 0 aromatic carbocycles. The molecular formula is C16H32N2O2. The average molecular weight is 284 g/mol. The lowest BCUT2D eigenvalue weighted by molar-refractivity contribution is -0.0902. The average Bonchev–Trinajstić information content (AvgIpc) is 2.43. The standard InChI is InChI=1S/C16H32N2O2/c1-4-20-16(10-6-5-7-11-16)12-13-19-15(18-17)9-8-14(2)3/h14-15,17H,4-13H2,1-3H3. The first kappa shape index (κ1) is 17.6. The van der Waals surface area contributed by atoms with Crippen molar-refractivity contribution in [2.45, 2.75) is 84.0 Å². The number of ether oxygens (including phenoxy) is 2. The third-order valence-corrected chi connectivity index (χ3v) is 4.22.